The molecule has 0 N–H and O–H groups in total. The summed E-state index contributed by atoms with van der Waals surface area (Å²) in [5, 5.41) is 0. The van der Waals surface area contributed by atoms with Gasteiger partial charge in [0.1, 0.15) is 0 Å². The number of hydrogen-bond donors (Lipinski definition) is 0. The van der Waals surface area contributed by atoms with E-state index in [1.54, 1.807) is 0 Å². The quantitative estimate of drug-likeness (QED) is 0.208. The molecule has 0 bridgehead atoms. The third-order valence-electron chi connectivity index (χ3n) is 4.82. The first-order valence-corrected chi connectivity index (χ1v) is 18.2. The van der Waals surface area contributed by atoms with Crippen LogP contribution in [-0.2, 0) is 0 Å². The first-order valence-electron chi connectivity index (χ1n) is 9.90. The fourth-order valence-corrected chi connectivity index (χ4v) is 23.6. The van der Waals surface area contributed by atoms with Gasteiger partial charge in [-0.15, -0.1) is 0 Å². The first-order chi connectivity index (χ1) is 12.4. The van der Waals surface area contributed by atoms with Crippen LogP contribution in [0, 0.1) is 0 Å². The van der Waals surface area contributed by atoms with Crippen LogP contribution in [0.1, 0.15) is 59.3 Å². The molecule has 0 spiro atoms. The standard InChI is InChI=1S/C9H6F3S.3C4H9.Sn/c10-9(11,12)6-7-13-8-4-2-1-3-5-8;3*1-3-4-2;/h1-6H;3*1,3-4H2,2H3;. The molecule has 0 saturated heterocycles. The van der Waals surface area contributed by atoms with Crippen LogP contribution in [0.3, 0.4) is 0 Å². The SMILES string of the molecule is CCC[CH2][Sn]([CH2]CCC)([CH2]CCC)/[C](=C/C(F)(F)F)Sc1ccccc1. The second-order valence-corrected chi connectivity index (χ2v) is 22.3. The molecule has 0 fully saturated rings. The van der Waals surface area contributed by atoms with E-state index < -0.39 is 24.6 Å². The summed E-state index contributed by atoms with van der Waals surface area (Å²) in [6.45, 7) is 6.44. The van der Waals surface area contributed by atoms with E-state index in [0.717, 1.165) is 56.7 Å². The van der Waals surface area contributed by atoms with Crippen molar-refractivity contribution in [2.45, 2.75) is 83.7 Å². The molecule has 26 heavy (non-hydrogen) atoms. The van der Waals surface area contributed by atoms with Crippen LogP contribution in [0.2, 0.25) is 13.3 Å². The minimum absolute atomic E-state index is 0.682. The molecular weight excluding hydrogens is 460 g/mol. The maximum atomic E-state index is 13.4. The average Bonchev–Trinajstić information content (AvgIpc) is 2.61. The van der Waals surface area contributed by atoms with Crippen LogP contribution in [0.15, 0.2) is 44.2 Å². The topological polar surface area (TPSA) is 0 Å². The summed E-state index contributed by atoms with van der Waals surface area (Å²) in [4.78, 5) is 0.938. The Bertz CT molecular complexity index is 504. The van der Waals surface area contributed by atoms with Gasteiger partial charge < -0.3 is 0 Å². The second kappa shape index (κ2) is 12.4. The van der Waals surface area contributed by atoms with Crippen molar-refractivity contribution in [3.8, 4) is 0 Å². The van der Waals surface area contributed by atoms with Crippen molar-refractivity contribution in [2.24, 2.45) is 0 Å². The molecule has 0 atom stereocenters. The number of alkyl halides is 3. The molecule has 0 aliphatic heterocycles. The van der Waals surface area contributed by atoms with Gasteiger partial charge in [-0.25, -0.2) is 0 Å². The molecule has 0 heterocycles. The zero-order valence-electron chi connectivity index (χ0n) is 16.4. The van der Waals surface area contributed by atoms with E-state index in [-0.39, 0.29) is 0 Å². The summed E-state index contributed by atoms with van der Waals surface area (Å²) in [6, 6.07) is 9.61. The monoisotopic (exact) mass is 494 g/mol. The van der Waals surface area contributed by atoms with E-state index in [1.807, 2.05) is 30.3 Å². The van der Waals surface area contributed by atoms with Gasteiger partial charge in [-0.2, -0.15) is 0 Å². The molecule has 0 saturated carbocycles. The Morgan fingerprint density at radius 2 is 1.35 bits per heavy atom. The molecule has 0 radical (unpaired) electrons. The predicted molar refractivity (Wildman–Crippen MR) is 111 cm³/mol. The molecule has 0 nitrogen and oxygen atoms in total. The summed E-state index contributed by atoms with van der Waals surface area (Å²) in [5.74, 6) is 0. The molecule has 1 aromatic carbocycles. The van der Waals surface area contributed by atoms with Crippen molar-refractivity contribution in [2.75, 3.05) is 0 Å². The molecule has 0 aliphatic carbocycles. The van der Waals surface area contributed by atoms with Gasteiger partial charge in [0, 0.05) is 0 Å². The Balaban J connectivity index is 3.32. The number of unbranched alkanes of at least 4 members (excludes halogenated alkanes) is 3. The van der Waals surface area contributed by atoms with Gasteiger partial charge in [0.15, 0.2) is 0 Å². The van der Waals surface area contributed by atoms with Gasteiger partial charge in [-0.3, -0.25) is 0 Å². The Hall–Kier alpha value is -0.101. The zero-order chi connectivity index (χ0) is 19.5. The summed E-state index contributed by atoms with van der Waals surface area (Å²) in [6.07, 6.45) is 2.83. The van der Waals surface area contributed by atoms with Gasteiger partial charge in [-0.1, -0.05) is 0 Å². The molecule has 148 valence electrons. The van der Waals surface area contributed by atoms with Crippen molar-refractivity contribution in [3.05, 3.63) is 39.3 Å². The number of thioether (sulfide) groups is 1. The molecule has 0 unspecified atom stereocenters. The Kier molecular flexibility index (Phi) is 11.4. The Morgan fingerprint density at radius 3 is 1.73 bits per heavy atom. The molecule has 0 aromatic heterocycles. The van der Waals surface area contributed by atoms with Crippen molar-refractivity contribution in [1.29, 1.82) is 0 Å². The van der Waals surface area contributed by atoms with Crippen molar-refractivity contribution in [1.82, 2.24) is 0 Å². The van der Waals surface area contributed by atoms with E-state index in [0.29, 0.717) is 9.00 Å². The Labute approximate surface area is 165 Å². The van der Waals surface area contributed by atoms with Gasteiger partial charge in [-0.05, 0) is 0 Å². The van der Waals surface area contributed by atoms with Crippen LogP contribution in [0.4, 0.5) is 13.2 Å². The number of rotatable bonds is 12. The van der Waals surface area contributed by atoms with Gasteiger partial charge >= 0.3 is 166 Å². The fourth-order valence-electron chi connectivity index (χ4n) is 3.35. The molecule has 5 heteroatoms. The predicted octanol–water partition coefficient (Wildman–Crippen LogP) is 8.61. The Morgan fingerprint density at radius 1 is 0.885 bits per heavy atom. The van der Waals surface area contributed by atoms with Crippen molar-refractivity contribution in [3.63, 3.8) is 0 Å². The van der Waals surface area contributed by atoms with Crippen LogP contribution < -0.4 is 0 Å². The summed E-state index contributed by atoms with van der Waals surface area (Å²) >= 11 is -1.70. The van der Waals surface area contributed by atoms with Crippen LogP contribution in [-0.4, -0.2) is 24.6 Å². The van der Waals surface area contributed by atoms with Crippen LogP contribution >= 0.6 is 11.8 Å². The molecule has 0 aliphatic rings. The van der Waals surface area contributed by atoms with Crippen molar-refractivity contribution < 1.29 is 13.2 Å². The number of benzene rings is 1. The van der Waals surface area contributed by atoms with Gasteiger partial charge in [0.25, 0.3) is 0 Å². The van der Waals surface area contributed by atoms with Gasteiger partial charge in [0.05, 0.1) is 0 Å². The van der Waals surface area contributed by atoms with E-state index in [9.17, 15) is 13.2 Å². The van der Waals surface area contributed by atoms with E-state index >= 15 is 0 Å². The average molecular weight is 493 g/mol. The molecular formula is C21H33F3SSn. The summed E-state index contributed by atoms with van der Waals surface area (Å²) in [5.41, 5.74) is 0. The molecule has 1 rings (SSSR count). The van der Waals surface area contributed by atoms with E-state index in [4.69, 9.17) is 0 Å². The summed E-state index contributed by atoms with van der Waals surface area (Å²) < 4.78 is 44.2. The fraction of sp³-hybridized carbons (Fsp3) is 0.619. The number of allylic oxidation sites excluding steroid dienone is 1. The van der Waals surface area contributed by atoms with Crippen molar-refractivity contribution >= 4 is 30.1 Å². The third kappa shape index (κ3) is 8.72. The van der Waals surface area contributed by atoms with E-state index in [2.05, 4.69) is 20.8 Å². The second-order valence-electron chi connectivity index (χ2n) is 7.06. The molecule has 1 aromatic rings. The molecule has 0 amide bonds. The normalized spacial score (nSPS) is 13.2. The van der Waals surface area contributed by atoms with Crippen LogP contribution in [0.25, 0.3) is 0 Å². The summed E-state index contributed by atoms with van der Waals surface area (Å²) in [7, 11) is 0. The maximum absolute atomic E-state index is 13.4. The number of hydrogen-bond acceptors (Lipinski definition) is 1. The third-order valence-corrected chi connectivity index (χ3v) is 24.1. The number of halogens is 3. The minimum atomic E-state index is -4.23. The van der Waals surface area contributed by atoms with E-state index in [1.165, 1.54) is 11.8 Å². The first kappa shape index (κ1) is 23.9. The van der Waals surface area contributed by atoms with Gasteiger partial charge in [0.2, 0.25) is 0 Å². The zero-order valence-corrected chi connectivity index (χ0v) is 20.0. The van der Waals surface area contributed by atoms with Crippen LogP contribution in [0.5, 0.6) is 0 Å².